The summed E-state index contributed by atoms with van der Waals surface area (Å²) in [6, 6.07) is 5.57. The molecule has 0 fully saturated rings. The van der Waals surface area contributed by atoms with E-state index in [4.69, 9.17) is 10.5 Å². The Morgan fingerprint density at radius 1 is 1.38 bits per heavy atom. The third-order valence-electron chi connectivity index (χ3n) is 3.88. The van der Waals surface area contributed by atoms with Crippen LogP contribution in [0.15, 0.2) is 23.1 Å². The lowest BCUT2D eigenvalue weighted by molar-refractivity contribution is 0.0845. The van der Waals surface area contributed by atoms with Crippen LogP contribution >= 0.6 is 0 Å². The van der Waals surface area contributed by atoms with E-state index in [1.807, 2.05) is 6.07 Å². The molecule has 1 heterocycles. The van der Waals surface area contributed by atoms with Gasteiger partial charge in [0, 0.05) is 26.2 Å². The molecule has 0 bridgehead atoms. The van der Waals surface area contributed by atoms with Gasteiger partial charge in [-0.05, 0) is 43.3 Å². The van der Waals surface area contributed by atoms with Crippen LogP contribution in [0.1, 0.15) is 17.5 Å². The molecule has 0 saturated carbocycles. The minimum absolute atomic E-state index is 0.261. The van der Waals surface area contributed by atoms with Crippen molar-refractivity contribution in [1.82, 2.24) is 9.62 Å². The molecular weight excluding hydrogens is 290 g/mol. The van der Waals surface area contributed by atoms with Crippen LogP contribution in [0.25, 0.3) is 0 Å². The Bertz CT molecular complexity index is 583. The maximum absolute atomic E-state index is 11.9. The Hall–Kier alpha value is -0.990. The van der Waals surface area contributed by atoms with E-state index >= 15 is 0 Å². The van der Waals surface area contributed by atoms with E-state index in [9.17, 15) is 8.42 Å². The summed E-state index contributed by atoms with van der Waals surface area (Å²) in [4.78, 5) is 2.60. The Labute approximate surface area is 126 Å². The Kier molecular flexibility index (Phi) is 5.34. The van der Waals surface area contributed by atoms with Gasteiger partial charge < -0.3 is 10.5 Å². The van der Waals surface area contributed by atoms with Gasteiger partial charge in [0.1, 0.15) is 0 Å². The molecule has 118 valence electrons. The predicted octanol–water partition coefficient (Wildman–Crippen LogP) is 0.274. The maximum Gasteiger partial charge on any atom is 0.240 e. The third-order valence-corrected chi connectivity index (χ3v) is 5.29. The molecule has 0 aromatic heterocycles. The summed E-state index contributed by atoms with van der Waals surface area (Å²) in [5.41, 5.74) is 7.89. The summed E-state index contributed by atoms with van der Waals surface area (Å²) < 4.78 is 31.3. The van der Waals surface area contributed by atoms with Gasteiger partial charge in [0.25, 0.3) is 0 Å². The van der Waals surface area contributed by atoms with Crippen LogP contribution in [0, 0.1) is 0 Å². The number of methoxy groups -OCH3 is 1. The van der Waals surface area contributed by atoms with Gasteiger partial charge in [0.2, 0.25) is 10.0 Å². The number of hydrogen-bond donors (Lipinski definition) is 2. The first-order valence-electron chi connectivity index (χ1n) is 7.00. The van der Waals surface area contributed by atoms with Gasteiger partial charge in [-0.1, -0.05) is 6.07 Å². The Morgan fingerprint density at radius 2 is 2.10 bits per heavy atom. The van der Waals surface area contributed by atoms with Gasteiger partial charge in [0.05, 0.1) is 11.5 Å². The molecule has 1 atom stereocenters. The largest absolute Gasteiger partial charge is 0.383 e. The van der Waals surface area contributed by atoms with Gasteiger partial charge in [-0.2, -0.15) is 0 Å². The second-order valence-electron chi connectivity index (χ2n) is 5.23. The number of rotatable bonds is 7. The summed E-state index contributed by atoms with van der Waals surface area (Å²) in [5, 5.41) is 0. The first-order chi connectivity index (χ1) is 10.0. The molecule has 1 aromatic carbocycles. The SMILES string of the molecule is CNS(=O)(=O)c1ccc2c(c1)CN([C@H](CCN)COC)C2. The highest BCUT2D eigenvalue weighted by molar-refractivity contribution is 7.89. The van der Waals surface area contributed by atoms with E-state index in [0.717, 1.165) is 25.1 Å². The summed E-state index contributed by atoms with van der Waals surface area (Å²) in [6.07, 6.45) is 0.865. The number of nitrogens with two attached hydrogens (primary N) is 1. The molecule has 6 nitrogen and oxygen atoms in total. The van der Waals surface area contributed by atoms with Crippen molar-refractivity contribution in [3.63, 3.8) is 0 Å². The molecule has 0 saturated heterocycles. The minimum Gasteiger partial charge on any atom is -0.383 e. The predicted molar refractivity (Wildman–Crippen MR) is 81.3 cm³/mol. The zero-order valence-electron chi connectivity index (χ0n) is 12.5. The van der Waals surface area contributed by atoms with Crippen LogP contribution in [0.5, 0.6) is 0 Å². The fraction of sp³-hybridized carbons (Fsp3) is 0.571. The molecule has 0 aliphatic carbocycles. The summed E-state index contributed by atoms with van der Waals surface area (Å²) in [6.45, 7) is 2.78. The van der Waals surface area contributed by atoms with Crippen LogP contribution in [0.3, 0.4) is 0 Å². The van der Waals surface area contributed by atoms with Crippen molar-refractivity contribution in [3.05, 3.63) is 29.3 Å². The van der Waals surface area contributed by atoms with Crippen molar-refractivity contribution < 1.29 is 13.2 Å². The zero-order valence-corrected chi connectivity index (χ0v) is 13.3. The molecule has 21 heavy (non-hydrogen) atoms. The maximum atomic E-state index is 11.9. The van der Waals surface area contributed by atoms with Gasteiger partial charge >= 0.3 is 0 Å². The topological polar surface area (TPSA) is 84.7 Å². The molecule has 1 aliphatic rings. The minimum atomic E-state index is -3.39. The van der Waals surface area contributed by atoms with Crippen LogP contribution in [-0.2, 0) is 27.8 Å². The third kappa shape index (κ3) is 3.61. The van der Waals surface area contributed by atoms with E-state index in [-0.39, 0.29) is 6.04 Å². The summed E-state index contributed by atoms with van der Waals surface area (Å²) in [5.74, 6) is 0. The molecule has 2 rings (SSSR count). The second kappa shape index (κ2) is 6.85. The van der Waals surface area contributed by atoms with E-state index < -0.39 is 10.0 Å². The fourth-order valence-electron chi connectivity index (χ4n) is 2.70. The zero-order chi connectivity index (χ0) is 15.5. The molecule has 0 radical (unpaired) electrons. The molecule has 0 spiro atoms. The van der Waals surface area contributed by atoms with Crippen molar-refractivity contribution in [2.75, 3.05) is 27.3 Å². The van der Waals surface area contributed by atoms with E-state index in [2.05, 4.69) is 9.62 Å². The average molecular weight is 313 g/mol. The molecule has 3 N–H and O–H groups in total. The first-order valence-corrected chi connectivity index (χ1v) is 8.48. The van der Waals surface area contributed by atoms with E-state index in [0.29, 0.717) is 18.0 Å². The summed E-state index contributed by atoms with van der Waals surface area (Å²) in [7, 11) is -0.285. The monoisotopic (exact) mass is 313 g/mol. The Balaban J connectivity index is 2.19. The highest BCUT2D eigenvalue weighted by atomic mass is 32.2. The highest BCUT2D eigenvalue weighted by Crippen LogP contribution is 2.27. The Morgan fingerprint density at radius 3 is 2.71 bits per heavy atom. The van der Waals surface area contributed by atoms with Crippen molar-refractivity contribution in [2.45, 2.75) is 30.4 Å². The normalized spacial score (nSPS) is 16.9. The number of fused-ring (bicyclic) bond motifs is 1. The lowest BCUT2D eigenvalue weighted by Crippen LogP contribution is -2.36. The number of hydrogen-bond acceptors (Lipinski definition) is 5. The molecule has 7 heteroatoms. The van der Waals surface area contributed by atoms with Crippen LogP contribution in [-0.4, -0.2) is 46.7 Å². The van der Waals surface area contributed by atoms with Crippen LogP contribution < -0.4 is 10.5 Å². The van der Waals surface area contributed by atoms with Crippen molar-refractivity contribution in [1.29, 1.82) is 0 Å². The van der Waals surface area contributed by atoms with Crippen molar-refractivity contribution >= 4 is 10.0 Å². The smallest absolute Gasteiger partial charge is 0.240 e. The molecule has 0 unspecified atom stereocenters. The van der Waals surface area contributed by atoms with Crippen molar-refractivity contribution in [2.24, 2.45) is 5.73 Å². The van der Waals surface area contributed by atoms with Crippen molar-refractivity contribution in [3.8, 4) is 0 Å². The average Bonchev–Trinajstić information content (AvgIpc) is 2.89. The summed E-state index contributed by atoms with van der Waals surface area (Å²) >= 11 is 0. The highest BCUT2D eigenvalue weighted by Gasteiger charge is 2.26. The van der Waals surface area contributed by atoms with Crippen LogP contribution in [0.4, 0.5) is 0 Å². The fourth-order valence-corrected chi connectivity index (χ4v) is 3.48. The van der Waals surface area contributed by atoms with Crippen LogP contribution in [0.2, 0.25) is 0 Å². The number of ether oxygens (including phenoxy) is 1. The number of nitrogens with zero attached hydrogens (tertiary/aromatic N) is 1. The molecule has 1 aromatic rings. The van der Waals surface area contributed by atoms with Gasteiger partial charge in [0.15, 0.2) is 0 Å². The van der Waals surface area contributed by atoms with Gasteiger partial charge in [-0.3, -0.25) is 4.90 Å². The van der Waals surface area contributed by atoms with Gasteiger partial charge in [-0.15, -0.1) is 0 Å². The molecule has 0 amide bonds. The molecule has 1 aliphatic heterocycles. The lowest BCUT2D eigenvalue weighted by atomic mass is 10.1. The van der Waals surface area contributed by atoms with E-state index in [1.165, 1.54) is 12.6 Å². The quantitative estimate of drug-likeness (QED) is 0.755. The number of benzene rings is 1. The van der Waals surface area contributed by atoms with E-state index in [1.54, 1.807) is 19.2 Å². The first kappa shape index (κ1) is 16.4. The van der Waals surface area contributed by atoms with Gasteiger partial charge in [-0.25, -0.2) is 13.1 Å². The number of nitrogens with one attached hydrogen (secondary N) is 1. The second-order valence-corrected chi connectivity index (χ2v) is 7.12. The molecular formula is C14H23N3O3S. The lowest BCUT2D eigenvalue weighted by Gasteiger charge is -2.26. The number of sulfonamides is 1. The standard InChI is InChI=1S/C14H23N3O3S/c1-16-21(18,19)14-4-3-11-8-17(9-12(11)7-14)13(5-6-15)10-20-2/h3-4,7,13,16H,5-6,8-10,15H2,1-2H3/t13-/m1/s1.